The maximum atomic E-state index is 12.2. The molecule has 3 N–H and O–H groups in total. The van der Waals surface area contributed by atoms with E-state index in [0.29, 0.717) is 24.7 Å². The molecule has 0 bridgehead atoms. The number of nitrogens with two attached hydrogens (primary N) is 1. The average molecular weight is 288 g/mol. The highest BCUT2D eigenvalue weighted by molar-refractivity contribution is 7.89. The molecular formula is C12H20N2O4S. The first kappa shape index (κ1) is 14.5. The first-order valence-corrected chi connectivity index (χ1v) is 7.88. The van der Waals surface area contributed by atoms with E-state index in [1.165, 1.54) is 6.07 Å². The predicted molar refractivity (Wildman–Crippen MR) is 70.1 cm³/mol. The number of nitrogens with one attached hydrogen (secondary N) is 1. The van der Waals surface area contributed by atoms with Crippen molar-refractivity contribution >= 4 is 10.0 Å². The first-order valence-electron chi connectivity index (χ1n) is 6.39. The Hall–Kier alpha value is -0.890. The van der Waals surface area contributed by atoms with Crippen LogP contribution in [0.2, 0.25) is 0 Å². The fourth-order valence-electron chi connectivity index (χ4n) is 2.17. The van der Waals surface area contributed by atoms with Crippen LogP contribution in [0.4, 0.5) is 0 Å². The number of hydrogen-bond acceptors (Lipinski definition) is 5. The lowest BCUT2D eigenvalue weighted by Gasteiger charge is -2.22. The van der Waals surface area contributed by atoms with Crippen LogP contribution in [-0.2, 0) is 21.3 Å². The fraction of sp³-hybridized carbons (Fsp3) is 0.667. The summed E-state index contributed by atoms with van der Waals surface area (Å²) in [6, 6.07) is 1.48. The third-order valence-corrected chi connectivity index (χ3v) is 4.76. The molecule has 19 heavy (non-hydrogen) atoms. The Balaban J connectivity index is 2.02. The number of ether oxygens (including phenoxy) is 1. The van der Waals surface area contributed by atoms with Crippen molar-refractivity contribution in [3.05, 3.63) is 17.6 Å². The van der Waals surface area contributed by atoms with E-state index in [9.17, 15) is 8.42 Å². The molecule has 1 atom stereocenters. The topological polar surface area (TPSA) is 94.6 Å². The predicted octanol–water partition coefficient (Wildman–Crippen LogP) is 0.752. The molecule has 2 rings (SSSR count). The smallest absolute Gasteiger partial charge is 0.244 e. The van der Waals surface area contributed by atoms with E-state index in [-0.39, 0.29) is 17.4 Å². The molecule has 108 valence electrons. The average Bonchev–Trinajstić information content (AvgIpc) is 2.80. The molecule has 1 saturated heterocycles. The van der Waals surface area contributed by atoms with Gasteiger partial charge < -0.3 is 14.9 Å². The Bertz CT molecular complexity index is 518. The van der Waals surface area contributed by atoms with Gasteiger partial charge in [0.05, 0.1) is 13.2 Å². The Morgan fingerprint density at radius 2 is 2.32 bits per heavy atom. The van der Waals surface area contributed by atoms with Crippen molar-refractivity contribution in [2.75, 3.05) is 19.8 Å². The van der Waals surface area contributed by atoms with Crippen LogP contribution in [0, 0.1) is 12.8 Å². The quantitative estimate of drug-likeness (QED) is 0.834. The van der Waals surface area contributed by atoms with Crippen molar-refractivity contribution in [2.45, 2.75) is 31.2 Å². The molecule has 1 fully saturated rings. The Kier molecular flexibility index (Phi) is 4.62. The minimum atomic E-state index is -3.53. The third kappa shape index (κ3) is 3.56. The summed E-state index contributed by atoms with van der Waals surface area (Å²) in [5.74, 6) is 1.08. The van der Waals surface area contributed by atoms with Crippen molar-refractivity contribution in [1.29, 1.82) is 0 Å². The molecule has 7 heteroatoms. The SMILES string of the molecule is Cc1oc(CN)cc1S(=O)(=O)NCC1CCCOC1. The van der Waals surface area contributed by atoms with Crippen LogP contribution >= 0.6 is 0 Å². The Morgan fingerprint density at radius 1 is 1.53 bits per heavy atom. The standard InChI is InChI=1S/C12H20N2O4S/c1-9-12(5-11(6-13)18-9)19(15,16)14-7-10-3-2-4-17-8-10/h5,10,14H,2-4,6-8,13H2,1H3. The number of furan rings is 1. The minimum Gasteiger partial charge on any atom is -0.464 e. The molecule has 0 saturated carbocycles. The molecule has 1 aromatic heterocycles. The molecule has 0 radical (unpaired) electrons. The van der Waals surface area contributed by atoms with Gasteiger partial charge in [-0.25, -0.2) is 13.1 Å². The molecule has 1 aliphatic rings. The van der Waals surface area contributed by atoms with Gasteiger partial charge in [0, 0.05) is 19.2 Å². The minimum absolute atomic E-state index is 0.171. The summed E-state index contributed by atoms with van der Waals surface area (Å²) in [5.41, 5.74) is 5.44. The molecule has 0 aliphatic carbocycles. The molecule has 0 amide bonds. The van der Waals surface area contributed by atoms with Gasteiger partial charge in [-0.15, -0.1) is 0 Å². The zero-order chi connectivity index (χ0) is 13.9. The monoisotopic (exact) mass is 288 g/mol. The van der Waals surface area contributed by atoms with E-state index in [1.807, 2.05) is 0 Å². The number of hydrogen-bond donors (Lipinski definition) is 2. The Labute approximate surface area is 113 Å². The molecule has 2 heterocycles. The van der Waals surface area contributed by atoms with Crippen LogP contribution in [0.1, 0.15) is 24.4 Å². The highest BCUT2D eigenvalue weighted by Crippen LogP contribution is 2.20. The maximum absolute atomic E-state index is 12.2. The number of sulfonamides is 1. The van der Waals surface area contributed by atoms with Crippen molar-refractivity contribution < 1.29 is 17.6 Å². The zero-order valence-electron chi connectivity index (χ0n) is 11.0. The molecule has 1 aromatic rings. The second-order valence-electron chi connectivity index (χ2n) is 4.77. The molecule has 0 aromatic carbocycles. The molecule has 0 spiro atoms. The first-order chi connectivity index (χ1) is 9.03. The summed E-state index contributed by atoms with van der Waals surface area (Å²) in [4.78, 5) is 0.171. The van der Waals surface area contributed by atoms with Crippen LogP contribution in [0.5, 0.6) is 0 Å². The molecule has 1 unspecified atom stereocenters. The lowest BCUT2D eigenvalue weighted by Crippen LogP contribution is -2.33. The van der Waals surface area contributed by atoms with E-state index in [1.54, 1.807) is 6.92 Å². The fourth-order valence-corrected chi connectivity index (χ4v) is 3.48. The van der Waals surface area contributed by atoms with Gasteiger partial charge in [0.25, 0.3) is 0 Å². The molecular weight excluding hydrogens is 268 g/mol. The van der Waals surface area contributed by atoms with E-state index in [4.69, 9.17) is 14.9 Å². The van der Waals surface area contributed by atoms with Gasteiger partial charge in [0.15, 0.2) is 0 Å². The van der Waals surface area contributed by atoms with Gasteiger partial charge in [0.1, 0.15) is 16.4 Å². The second-order valence-corrected chi connectivity index (χ2v) is 6.51. The third-order valence-electron chi connectivity index (χ3n) is 3.23. The largest absolute Gasteiger partial charge is 0.464 e. The normalized spacial score (nSPS) is 20.6. The van der Waals surface area contributed by atoms with Gasteiger partial charge in [-0.2, -0.15) is 0 Å². The van der Waals surface area contributed by atoms with Crippen molar-refractivity contribution in [3.63, 3.8) is 0 Å². The van der Waals surface area contributed by atoms with Crippen molar-refractivity contribution in [1.82, 2.24) is 4.72 Å². The molecule has 1 aliphatic heterocycles. The van der Waals surface area contributed by atoms with E-state index < -0.39 is 10.0 Å². The number of aryl methyl sites for hydroxylation is 1. The van der Waals surface area contributed by atoms with Gasteiger partial charge >= 0.3 is 0 Å². The summed E-state index contributed by atoms with van der Waals surface area (Å²) >= 11 is 0. The van der Waals surface area contributed by atoms with Crippen LogP contribution in [-0.4, -0.2) is 28.2 Å². The lowest BCUT2D eigenvalue weighted by atomic mass is 10.0. The Morgan fingerprint density at radius 3 is 2.89 bits per heavy atom. The second kappa shape index (κ2) is 6.04. The zero-order valence-corrected chi connectivity index (χ0v) is 11.8. The summed E-state index contributed by atoms with van der Waals surface area (Å²) < 4.78 is 37.6. The highest BCUT2D eigenvalue weighted by atomic mass is 32.2. The van der Waals surface area contributed by atoms with Gasteiger partial charge in [-0.1, -0.05) is 0 Å². The molecule has 6 nitrogen and oxygen atoms in total. The number of rotatable bonds is 5. The van der Waals surface area contributed by atoms with E-state index in [0.717, 1.165) is 19.4 Å². The summed E-state index contributed by atoms with van der Waals surface area (Å²) in [5, 5.41) is 0. The van der Waals surface area contributed by atoms with E-state index in [2.05, 4.69) is 4.72 Å². The van der Waals surface area contributed by atoms with Gasteiger partial charge in [0.2, 0.25) is 10.0 Å². The van der Waals surface area contributed by atoms with Crippen LogP contribution in [0.25, 0.3) is 0 Å². The van der Waals surface area contributed by atoms with Gasteiger partial charge in [-0.05, 0) is 25.7 Å². The van der Waals surface area contributed by atoms with Crippen LogP contribution < -0.4 is 10.5 Å². The summed E-state index contributed by atoms with van der Waals surface area (Å²) in [6.45, 7) is 3.58. The summed E-state index contributed by atoms with van der Waals surface area (Å²) in [6.07, 6.45) is 1.97. The summed E-state index contributed by atoms with van der Waals surface area (Å²) in [7, 11) is -3.53. The maximum Gasteiger partial charge on any atom is 0.244 e. The van der Waals surface area contributed by atoms with E-state index >= 15 is 0 Å². The van der Waals surface area contributed by atoms with Crippen molar-refractivity contribution in [3.8, 4) is 0 Å². The lowest BCUT2D eigenvalue weighted by molar-refractivity contribution is 0.0568. The van der Waals surface area contributed by atoms with Crippen LogP contribution in [0.3, 0.4) is 0 Å². The van der Waals surface area contributed by atoms with Crippen LogP contribution in [0.15, 0.2) is 15.4 Å². The highest BCUT2D eigenvalue weighted by Gasteiger charge is 2.23. The van der Waals surface area contributed by atoms with Gasteiger partial charge in [-0.3, -0.25) is 0 Å². The van der Waals surface area contributed by atoms with Crippen molar-refractivity contribution in [2.24, 2.45) is 11.7 Å².